The number of nitrogens with two attached hydrogens (primary N) is 1. The number of aliphatic hydroxyl groups excluding tert-OH is 1. The standard InChI is InChI=1S/C11H13BrF3NO2/c1-6(16)8-4-7(12)2-3-9(8)18-5-10(17)11(13,14)15/h2-4,6,10,17H,5,16H2,1H3. The molecule has 18 heavy (non-hydrogen) atoms. The second kappa shape index (κ2) is 5.90. The average Bonchev–Trinajstić information content (AvgIpc) is 2.25. The van der Waals surface area contributed by atoms with Gasteiger partial charge in [0.25, 0.3) is 0 Å². The van der Waals surface area contributed by atoms with E-state index in [1.807, 2.05) is 0 Å². The van der Waals surface area contributed by atoms with E-state index in [9.17, 15) is 13.2 Å². The van der Waals surface area contributed by atoms with E-state index in [1.165, 1.54) is 6.07 Å². The molecule has 1 rings (SSSR count). The molecule has 0 bridgehead atoms. The Morgan fingerprint density at radius 1 is 1.44 bits per heavy atom. The van der Waals surface area contributed by atoms with Crippen LogP contribution >= 0.6 is 15.9 Å². The highest BCUT2D eigenvalue weighted by Gasteiger charge is 2.38. The average molecular weight is 328 g/mol. The van der Waals surface area contributed by atoms with Crippen molar-refractivity contribution in [2.75, 3.05) is 6.61 Å². The van der Waals surface area contributed by atoms with E-state index < -0.39 is 18.9 Å². The Balaban J connectivity index is 2.79. The van der Waals surface area contributed by atoms with E-state index in [4.69, 9.17) is 15.6 Å². The van der Waals surface area contributed by atoms with Gasteiger partial charge in [0.1, 0.15) is 12.4 Å². The molecule has 0 amide bonds. The van der Waals surface area contributed by atoms with Crippen molar-refractivity contribution in [1.29, 1.82) is 0 Å². The molecular weight excluding hydrogens is 315 g/mol. The predicted octanol–water partition coefficient (Wildman–Crippen LogP) is 2.77. The highest BCUT2D eigenvalue weighted by Crippen LogP contribution is 2.28. The molecular formula is C11H13BrF3NO2. The van der Waals surface area contributed by atoms with Crippen LogP contribution in [-0.2, 0) is 0 Å². The Labute approximate surface area is 111 Å². The van der Waals surface area contributed by atoms with Crippen LogP contribution in [0.2, 0.25) is 0 Å². The monoisotopic (exact) mass is 327 g/mol. The summed E-state index contributed by atoms with van der Waals surface area (Å²) in [6, 6.07) is 4.41. The molecule has 7 heteroatoms. The summed E-state index contributed by atoms with van der Waals surface area (Å²) in [5.41, 5.74) is 6.26. The van der Waals surface area contributed by atoms with Gasteiger partial charge in [0.15, 0.2) is 6.10 Å². The van der Waals surface area contributed by atoms with Gasteiger partial charge in [-0.1, -0.05) is 15.9 Å². The molecule has 3 N–H and O–H groups in total. The maximum atomic E-state index is 12.1. The van der Waals surface area contributed by atoms with Crippen LogP contribution in [0, 0.1) is 0 Å². The normalized spacial score (nSPS) is 15.3. The zero-order valence-corrected chi connectivity index (χ0v) is 11.1. The minimum absolute atomic E-state index is 0.233. The van der Waals surface area contributed by atoms with Gasteiger partial charge in [0, 0.05) is 16.1 Å². The SMILES string of the molecule is CC(N)c1cc(Br)ccc1OCC(O)C(F)(F)F. The molecule has 0 saturated heterocycles. The zero-order valence-electron chi connectivity index (χ0n) is 9.54. The molecule has 0 radical (unpaired) electrons. The first-order valence-corrected chi connectivity index (χ1v) is 5.93. The summed E-state index contributed by atoms with van der Waals surface area (Å²) < 4.78 is 42.1. The Morgan fingerprint density at radius 2 is 2.06 bits per heavy atom. The van der Waals surface area contributed by atoms with Crippen LogP contribution in [0.25, 0.3) is 0 Å². The van der Waals surface area contributed by atoms with Crippen molar-refractivity contribution in [2.24, 2.45) is 5.73 Å². The maximum Gasteiger partial charge on any atom is 0.417 e. The minimum Gasteiger partial charge on any atom is -0.490 e. The minimum atomic E-state index is -4.69. The van der Waals surface area contributed by atoms with Crippen molar-refractivity contribution in [3.8, 4) is 5.75 Å². The van der Waals surface area contributed by atoms with E-state index >= 15 is 0 Å². The predicted molar refractivity (Wildman–Crippen MR) is 64.3 cm³/mol. The fourth-order valence-corrected chi connectivity index (χ4v) is 1.65. The van der Waals surface area contributed by atoms with Gasteiger partial charge in [-0.25, -0.2) is 0 Å². The smallest absolute Gasteiger partial charge is 0.417 e. The summed E-state index contributed by atoms with van der Waals surface area (Å²) in [7, 11) is 0. The number of halogens is 4. The molecule has 0 aliphatic heterocycles. The topological polar surface area (TPSA) is 55.5 Å². The first-order chi connectivity index (χ1) is 8.21. The van der Waals surface area contributed by atoms with Crippen LogP contribution in [0.15, 0.2) is 22.7 Å². The van der Waals surface area contributed by atoms with Crippen molar-refractivity contribution in [1.82, 2.24) is 0 Å². The van der Waals surface area contributed by atoms with Crippen molar-refractivity contribution in [3.63, 3.8) is 0 Å². The molecule has 0 spiro atoms. The Morgan fingerprint density at radius 3 is 2.56 bits per heavy atom. The number of ether oxygens (including phenoxy) is 1. The third kappa shape index (κ3) is 4.15. The summed E-state index contributed by atoms with van der Waals surface area (Å²) in [5, 5.41) is 8.84. The Kier molecular flexibility index (Phi) is 5.01. The van der Waals surface area contributed by atoms with Crippen molar-refractivity contribution in [3.05, 3.63) is 28.2 Å². The molecule has 0 aliphatic rings. The second-order valence-corrected chi connectivity index (χ2v) is 4.75. The number of alkyl halides is 3. The first-order valence-electron chi connectivity index (χ1n) is 5.14. The van der Waals surface area contributed by atoms with Crippen molar-refractivity contribution < 1.29 is 23.0 Å². The van der Waals surface area contributed by atoms with Gasteiger partial charge < -0.3 is 15.6 Å². The number of benzene rings is 1. The summed E-state index contributed by atoms with van der Waals surface area (Å²) in [5.74, 6) is 0.233. The van der Waals surface area contributed by atoms with Gasteiger partial charge in [-0.05, 0) is 25.1 Å². The summed E-state index contributed by atoms with van der Waals surface area (Å²) in [6.07, 6.45) is -7.20. The molecule has 0 aromatic heterocycles. The van der Waals surface area contributed by atoms with Gasteiger partial charge in [0.2, 0.25) is 0 Å². The maximum absolute atomic E-state index is 12.1. The third-order valence-electron chi connectivity index (χ3n) is 2.24. The van der Waals surface area contributed by atoms with Gasteiger partial charge in [0.05, 0.1) is 0 Å². The molecule has 0 heterocycles. The van der Waals surface area contributed by atoms with Crippen molar-refractivity contribution in [2.45, 2.75) is 25.2 Å². The summed E-state index contributed by atoms with van der Waals surface area (Å²) in [4.78, 5) is 0. The van der Waals surface area contributed by atoms with Crippen LogP contribution in [0.3, 0.4) is 0 Å². The fraction of sp³-hybridized carbons (Fsp3) is 0.455. The molecule has 2 atom stereocenters. The third-order valence-corrected chi connectivity index (χ3v) is 2.73. The van der Waals surface area contributed by atoms with E-state index in [2.05, 4.69) is 15.9 Å². The van der Waals surface area contributed by atoms with E-state index in [0.29, 0.717) is 5.56 Å². The quantitative estimate of drug-likeness (QED) is 0.894. The molecule has 0 fully saturated rings. The van der Waals surface area contributed by atoms with Crippen LogP contribution in [-0.4, -0.2) is 24.0 Å². The zero-order chi connectivity index (χ0) is 13.9. The first kappa shape index (κ1) is 15.3. The Bertz CT molecular complexity index is 410. The molecule has 2 unspecified atom stereocenters. The van der Waals surface area contributed by atoms with Crippen LogP contribution in [0.5, 0.6) is 5.75 Å². The lowest BCUT2D eigenvalue weighted by molar-refractivity contribution is -0.210. The molecule has 102 valence electrons. The van der Waals surface area contributed by atoms with Crippen LogP contribution in [0.1, 0.15) is 18.5 Å². The van der Waals surface area contributed by atoms with Gasteiger partial charge in [-0.2, -0.15) is 13.2 Å². The van der Waals surface area contributed by atoms with E-state index in [-0.39, 0.29) is 11.8 Å². The number of aliphatic hydroxyl groups is 1. The Hall–Kier alpha value is -0.790. The lowest BCUT2D eigenvalue weighted by atomic mass is 10.1. The summed E-state index contributed by atoms with van der Waals surface area (Å²) in [6.45, 7) is 0.833. The van der Waals surface area contributed by atoms with Gasteiger partial charge in [-0.3, -0.25) is 0 Å². The van der Waals surface area contributed by atoms with Crippen LogP contribution in [0.4, 0.5) is 13.2 Å². The highest BCUT2D eigenvalue weighted by atomic mass is 79.9. The molecule has 1 aromatic carbocycles. The molecule has 1 aromatic rings. The number of hydrogen-bond acceptors (Lipinski definition) is 3. The molecule has 0 saturated carbocycles. The largest absolute Gasteiger partial charge is 0.490 e. The summed E-state index contributed by atoms with van der Waals surface area (Å²) >= 11 is 3.24. The van der Waals surface area contributed by atoms with Gasteiger partial charge in [-0.15, -0.1) is 0 Å². The number of rotatable bonds is 4. The fourth-order valence-electron chi connectivity index (χ4n) is 1.27. The lowest BCUT2D eigenvalue weighted by Crippen LogP contribution is -2.34. The van der Waals surface area contributed by atoms with Gasteiger partial charge >= 0.3 is 6.18 Å². The second-order valence-electron chi connectivity index (χ2n) is 3.84. The number of hydrogen-bond donors (Lipinski definition) is 2. The van der Waals surface area contributed by atoms with E-state index in [0.717, 1.165) is 4.47 Å². The van der Waals surface area contributed by atoms with Crippen molar-refractivity contribution >= 4 is 15.9 Å². The molecule has 3 nitrogen and oxygen atoms in total. The van der Waals surface area contributed by atoms with E-state index in [1.54, 1.807) is 19.1 Å². The van der Waals surface area contributed by atoms with Crippen LogP contribution < -0.4 is 10.5 Å². The lowest BCUT2D eigenvalue weighted by Gasteiger charge is -2.18. The highest BCUT2D eigenvalue weighted by molar-refractivity contribution is 9.10. The molecule has 0 aliphatic carbocycles.